The number of methoxy groups -OCH3 is 1. The number of benzene rings is 1. The first kappa shape index (κ1) is 18.8. The third kappa shape index (κ3) is 5.27. The Morgan fingerprint density at radius 2 is 1.85 bits per heavy atom. The molecule has 27 heavy (non-hydrogen) atoms. The summed E-state index contributed by atoms with van der Waals surface area (Å²) in [5.74, 6) is 2.55. The molecule has 142 valence electrons. The highest BCUT2D eigenvalue weighted by atomic mass is 16.5. The van der Waals surface area contributed by atoms with Crippen molar-refractivity contribution in [3.63, 3.8) is 0 Å². The number of aromatic nitrogens is 3. The van der Waals surface area contributed by atoms with Gasteiger partial charge in [0.2, 0.25) is 5.82 Å². The summed E-state index contributed by atoms with van der Waals surface area (Å²) in [4.78, 5) is 8.84. The van der Waals surface area contributed by atoms with Crippen LogP contribution >= 0.6 is 0 Å². The van der Waals surface area contributed by atoms with Gasteiger partial charge in [-0.1, -0.05) is 5.16 Å². The van der Waals surface area contributed by atoms with Crippen molar-refractivity contribution < 1.29 is 14.0 Å². The van der Waals surface area contributed by atoms with E-state index in [0.29, 0.717) is 11.7 Å². The van der Waals surface area contributed by atoms with E-state index in [-0.39, 0.29) is 6.10 Å². The number of hydrogen-bond donors (Lipinski definition) is 1. The zero-order valence-electron chi connectivity index (χ0n) is 15.8. The molecule has 7 nitrogen and oxygen atoms in total. The molecule has 2 aromatic heterocycles. The molecule has 7 heteroatoms. The molecule has 0 fully saturated rings. The molecule has 0 aliphatic rings. The summed E-state index contributed by atoms with van der Waals surface area (Å²) in [5.41, 5.74) is 1.64. The number of ether oxygens (including phenoxy) is 2. The van der Waals surface area contributed by atoms with Crippen LogP contribution in [0.5, 0.6) is 5.75 Å². The third-order valence-electron chi connectivity index (χ3n) is 3.86. The van der Waals surface area contributed by atoms with E-state index in [1.165, 1.54) is 0 Å². The molecule has 0 bridgehead atoms. The Hall–Kier alpha value is -2.93. The van der Waals surface area contributed by atoms with E-state index < -0.39 is 0 Å². The molecule has 0 saturated heterocycles. The van der Waals surface area contributed by atoms with Gasteiger partial charge in [-0.2, -0.15) is 4.98 Å². The Morgan fingerprint density at radius 1 is 1.07 bits per heavy atom. The van der Waals surface area contributed by atoms with E-state index in [2.05, 4.69) is 20.4 Å². The van der Waals surface area contributed by atoms with Crippen LogP contribution in [0.3, 0.4) is 0 Å². The number of pyridine rings is 1. The molecule has 0 amide bonds. The fourth-order valence-corrected chi connectivity index (χ4v) is 2.43. The minimum absolute atomic E-state index is 0.264. The first-order valence-electron chi connectivity index (χ1n) is 8.96. The van der Waals surface area contributed by atoms with Gasteiger partial charge in [-0.05, 0) is 56.7 Å². The lowest BCUT2D eigenvalue weighted by atomic mass is 10.2. The molecule has 1 N–H and O–H groups in total. The van der Waals surface area contributed by atoms with Crippen molar-refractivity contribution in [3.8, 4) is 28.6 Å². The van der Waals surface area contributed by atoms with Gasteiger partial charge in [-0.3, -0.25) is 0 Å². The van der Waals surface area contributed by atoms with Gasteiger partial charge in [0.15, 0.2) is 0 Å². The van der Waals surface area contributed by atoms with Crippen LogP contribution in [0.25, 0.3) is 22.8 Å². The molecule has 0 unspecified atom stereocenters. The second-order valence-corrected chi connectivity index (χ2v) is 6.28. The standard InChI is InChI=1S/C20H24N4O3/c1-14(2)26-12-4-11-21-18-10-7-16(13-22-18)20-23-19(24-27-20)15-5-8-17(25-3)9-6-15/h5-10,13-14H,4,11-12H2,1-3H3,(H,21,22). The lowest BCUT2D eigenvalue weighted by Gasteiger charge is -2.08. The Morgan fingerprint density at radius 3 is 2.52 bits per heavy atom. The molecular formula is C20H24N4O3. The summed E-state index contributed by atoms with van der Waals surface area (Å²) in [5, 5.41) is 7.31. The summed E-state index contributed by atoms with van der Waals surface area (Å²) in [6, 6.07) is 11.3. The van der Waals surface area contributed by atoms with Crippen molar-refractivity contribution in [2.45, 2.75) is 26.4 Å². The average Bonchev–Trinajstić information content (AvgIpc) is 3.18. The number of anilines is 1. The Balaban J connectivity index is 1.58. The van der Waals surface area contributed by atoms with Crippen LogP contribution in [-0.2, 0) is 4.74 Å². The maximum atomic E-state index is 5.51. The zero-order valence-corrected chi connectivity index (χ0v) is 15.8. The smallest absolute Gasteiger partial charge is 0.259 e. The van der Waals surface area contributed by atoms with Crippen molar-refractivity contribution in [1.82, 2.24) is 15.1 Å². The van der Waals surface area contributed by atoms with E-state index in [9.17, 15) is 0 Å². The molecule has 0 radical (unpaired) electrons. The van der Waals surface area contributed by atoms with Crippen LogP contribution in [0, 0.1) is 0 Å². The van der Waals surface area contributed by atoms with E-state index >= 15 is 0 Å². The first-order chi connectivity index (χ1) is 13.2. The van der Waals surface area contributed by atoms with E-state index in [1.54, 1.807) is 13.3 Å². The van der Waals surface area contributed by atoms with Gasteiger partial charge in [0.25, 0.3) is 5.89 Å². The molecule has 0 atom stereocenters. The highest BCUT2D eigenvalue weighted by Gasteiger charge is 2.11. The molecule has 0 spiro atoms. The zero-order chi connectivity index (χ0) is 19.1. The predicted octanol–water partition coefficient (Wildman–Crippen LogP) is 4.03. The van der Waals surface area contributed by atoms with Crippen LogP contribution in [-0.4, -0.2) is 41.5 Å². The van der Waals surface area contributed by atoms with Gasteiger partial charge in [0, 0.05) is 24.9 Å². The highest BCUT2D eigenvalue weighted by Crippen LogP contribution is 2.24. The normalized spacial score (nSPS) is 11.0. The first-order valence-corrected chi connectivity index (χ1v) is 8.96. The SMILES string of the molecule is COc1ccc(-c2noc(-c3ccc(NCCCOC(C)C)nc3)n2)cc1. The molecule has 3 aromatic rings. The van der Waals surface area contributed by atoms with Crippen LogP contribution in [0.1, 0.15) is 20.3 Å². The van der Waals surface area contributed by atoms with Gasteiger partial charge in [0.1, 0.15) is 11.6 Å². The van der Waals surface area contributed by atoms with Crippen molar-refractivity contribution in [3.05, 3.63) is 42.6 Å². The maximum absolute atomic E-state index is 5.51. The third-order valence-corrected chi connectivity index (χ3v) is 3.86. The number of hydrogen-bond acceptors (Lipinski definition) is 7. The lowest BCUT2D eigenvalue weighted by Crippen LogP contribution is -2.09. The molecule has 0 aliphatic heterocycles. The van der Waals surface area contributed by atoms with Crippen molar-refractivity contribution in [1.29, 1.82) is 0 Å². The molecule has 2 heterocycles. The minimum atomic E-state index is 0.264. The van der Waals surface area contributed by atoms with Crippen LogP contribution in [0.4, 0.5) is 5.82 Å². The van der Waals surface area contributed by atoms with Gasteiger partial charge in [0.05, 0.1) is 18.8 Å². The number of nitrogens with zero attached hydrogens (tertiary/aromatic N) is 3. The molecular weight excluding hydrogens is 344 g/mol. The minimum Gasteiger partial charge on any atom is -0.497 e. The second kappa shape index (κ2) is 9.14. The average molecular weight is 368 g/mol. The monoisotopic (exact) mass is 368 g/mol. The summed E-state index contributed by atoms with van der Waals surface area (Å²) in [6.07, 6.45) is 2.91. The Labute approximate surface area is 158 Å². The topological polar surface area (TPSA) is 82.3 Å². The molecule has 0 saturated carbocycles. The lowest BCUT2D eigenvalue weighted by molar-refractivity contribution is 0.0787. The van der Waals surface area contributed by atoms with Crippen LogP contribution in [0.2, 0.25) is 0 Å². The van der Waals surface area contributed by atoms with Gasteiger partial charge in [-0.15, -0.1) is 0 Å². The van der Waals surface area contributed by atoms with Crippen molar-refractivity contribution >= 4 is 5.82 Å². The van der Waals surface area contributed by atoms with Crippen LogP contribution in [0.15, 0.2) is 47.1 Å². The number of nitrogens with one attached hydrogen (secondary N) is 1. The van der Waals surface area contributed by atoms with Gasteiger partial charge < -0.3 is 19.3 Å². The maximum Gasteiger partial charge on any atom is 0.259 e. The largest absolute Gasteiger partial charge is 0.497 e. The molecule has 0 aliphatic carbocycles. The summed E-state index contributed by atoms with van der Waals surface area (Å²) >= 11 is 0. The quantitative estimate of drug-likeness (QED) is 0.571. The summed E-state index contributed by atoms with van der Waals surface area (Å²) < 4.78 is 16.0. The number of rotatable bonds is 9. The predicted molar refractivity (Wildman–Crippen MR) is 104 cm³/mol. The van der Waals surface area contributed by atoms with E-state index in [0.717, 1.165) is 42.3 Å². The van der Waals surface area contributed by atoms with Gasteiger partial charge >= 0.3 is 0 Å². The molecule has 1 aromatic carbocycles. The fraction of sp³-hybridized carbons (Fsp3) is 0.350. The van der Waals surface area contributed by atoms with E-state index in [1.807, 2.05) is 50.2 Å². The molecule has 3 rings (SSSR count). The van der Waals surface area contributed by atoms with Crippen molar-refractivity contribution in [2.24, 2.45) is 0 Å². The van der Waals surface area contributed by atoms with E-state index in [4.69, 9.17) is 14.0 Å². The van der Waals surface area contributed by atoms with Crippen molar-refractivity contribution in [2.75, 3.05) is 25.6 Å². The Kier molecular flexibility index (Phi) is 6.38. The summed E-state index contributed by atoms with van der Waals surface area (Å²) in [6.45, 7) is 5.61. The van der Waals surface area contributed by atoms with Gasteiger partial charge in [-0.25, -0.2) is 4.98 Å². The van der Waals surface area contributed by atoms with Crippen LogP contribution < -0.4 is 10.1 Å². The summed E-state index contributed by atoms with van der Waals surface area (Å²) in [7, 11) is 1.63. The highest BCUT2D eigenvalue weighted by molar-refractivity contribution is 5.60. The second-order valence-electron chi connectivity index (χ2n) is 6.28. The fourth-order valence-electron chi connectivity index (χ4n) is 2.43. The Bertz CT molecular complexity index is 829.